The molecule has 0 spiro atoms. The van der Waals surface area contributed by atoms with Gasteiger partial charge in [0.2, 0.25) is 5.91 Å². The molecule has 0 saturated carbocycles. The lowest BCUT2D eigenvalue weighted by molar-refractivity contribution is -0.129. The highest BCUT2D eigenvalue weighted by atomic mass is 35.5. The Hall–Kier alpha value is -0.280. The number of amides is 1. The number of aliphatic hydroxyl groups is 1. The van der Waals surface area contributed by atoms with E-state index in [1.54, 1.807) is 4.90 Å². The SMILES string of the molecule is CC[C@@H](Cl)C(=O)N1CC[C@H](CO)C1. The number of carbonyl (C=O) groups is 1. The first-order valence-electron chi connectivity index (χ1n) is 4.72. The van der Waals surface area contributed by atoms with Crippen LogP contribution in [0.15, 0.2) is 0 Å². The van der Waals surface area contributed by atoms with Gasteiger partial charge in [-0.25, -0.2) is 0 Å². The zero-order valence-electron chi connectivity index (χ0n) is 7.87. The fraction of sp³-hybridized carbons (Fsp3) is 0.889. The van der Waals surface area contributed by atoms with E-state index >= 15 is 0 Å². The third-order valence-electron chi connectivity index (χ3n) is 2.48. The molecule has 1 amide bonds. The van der Waals surface area contributed by atoms with E-state index in [2.05, 4.69) is 0 Å². The summed E-state index contributed by atoms with van der Waals surface area (Å²) in [7, 11) is 0. The Labute approximate surface area is 83.7 Å². The molecule has 13 heavy (non-hydrogen) atoms. The van der Waals surface area contributed by atoms with Crippen molar-refractivity contribution in [3.8, 4) is 0 Å². The Morgan fingerprint density at radius 3 is 2.92 bits per heavy atom. The second-order valence-electron chi connectivity index (χ2n) is 3.50. The van der Waals surface area contributed by atoms with Crippen LogP contribution in [-0.2, 0) is 4.79 Å². The van der Waals surface area contributed by atoms with Gasteiger partial charge < -0.3 is 10.0 Å². The van der Waals surface area contributed by atoms with E-state index in [-0.39, 0.29) is 18.4 Å². The van der Waals surface area contributed by atoms with Crippen molar-refractivity contribution in [3.05, 3.63) is 0 Å². The average Bonchev–Trinajstić information content (AvgIpc) is 2.63. The Morgan fingerprint density at radius 1 is 1.77 bits per heavy atom. The van der Waals surface area contributed by atoms with Crippen molar-refractivity contribution in [2.75, 3.05) is 19.7 Å². The zero-order valence-corrected chi connectivity index (χ0v) is 8.63. The van der Waals surface area contributed by atoms with Gasteiger partial charge >= 0.3 is 0 Å². The van der Waals surface area contributed by atoms with Crippen molar-refractivity contribution < 1.29 is 9.90 Å². The number of aliphatic hydroxyl groups excluding tert-OH is 1. The molecule has 1 heterocycles. The average molecular weight is 206 g/mol. The van der Waals surface area contributed by atoms with Crippen LogP contribution in [0.5, 0.6) is 0 Å². The summed E-state index contributed by atoms with van der Waals surface area (Å²) >= 11 is 5.83. The third kappa shape index (κ3) is 2.58. The maximum absolute atomic E-state index is 11.6. The largest absolute Gasteiger partial charge is 0.396 e. The lowest BCUT2D eigenvalue weighted by Gasteiger charge is -2.18. The van der Waals surface area contributed by atoms with Crippen molar-refractivity contribution in [2.45, 2.75) is 25.1 Å². The summed E-state index contributed by atoms with van der Waals surface area (Å²) in [6, 6.07) is 0. The van der Waals surface area contributed by atoms with Gasteiger partial charge in [-0.3, -0.25) is 4.79 Å². The number of hydrogen-bond donors (Lipinski definition) is 1. The van der Waals surface area contributed by atoms with Gasteiger partial charge in [-0.05, 0) is 12.8 Å². The molecule has 0 aliphatic carbocycles. The minimum atomic E-state index is -0.391. The summed E-state index contributed by atoms with van der Waals surface area (Å²) < 4.78 is 0. The molecule has 1 rings (SSSR count). The molecular formula is C9H16ClNO2. The van der Waals surface area contributed by atoms with Crippen molar-refractivity contribution in [2.24, 2.45) is 5.92 Å². The van der Waals surface area contributed by atoms with Crippen LogP contribution in [0, 0.1) is 5.92 Å². The maximum Gasteiger partial charge on any atom is 0.240 e. The third-order valence-corrected chi connectivity index (χ3v) is 2.98. The molecule has 0 aromatic carbocycles. The van der Waals surface area contributed by atoms with Crippen LogP contribution in [0.2, 0.25) is 0 Å². The summed E-state index contributed by atoms with van der Waals surface area (Å²) in [5, 5.41) is 8.50. The summed E-state index contributed by atoms with van der Waals surface area (Å²) in [4.78, 5) is 13.3. The quantitative estimate of drug-likeness (QED) is 0.694. The molecule has 0 radical (unpaired) electrons. The van der Waals surface area contributed by atoms with Crippen LogP contribution in [0.25, 0.3) is 0 Å². The highest BCUT2D eigenvalue weighted by Gasteiger charge is 2.28. The Balaban J connectivity index is 2.41. The molecule has 0 aromatic heterocycles. The van der Waals surface area contributed by atoms with Crippen LogP contribution in [0.1, 0.15) is 19.8 Å². The summed E-state index contributed by atoms with van der Waals surface area (Å²) in [6.45, 7) is 3.48. The summed E-state index contributed by atoms with van der Waals surface area (Å²) in [5.74, 6) is 0.268. The Bertz CT molecular complexity index is 186. The molecule has 2 atom stereocenters. The van der Waals surface area contributed by atoms with Crippen LogP contribution >= 0.6 is 11.6 Å². The molecule has 76 valence electrons. The van der Waals surface area contributed by atoms with Crippen molar-refractivity contribution in [1.82, 2.24) is 4.90 Å². The molecule has 1 N–H and O–H groups in total. The van der Waals surface area contributed by atoms with Crippen LogP contribution in [0.3, 0.4) is 0 Å². The van der Waals surface area contributed by atoms with Crippen LogP contribution < -0.4 is 0 Å². The zero-order chi connectivity index (χ0) is 9.84. The van der Waals surface area contributed by atoms with E-state index in [1.807, 2.05) is 6.92 Å². The van der Waals surface area contributed by atoms with Gasteiger partial charge in [0, 0.05) is 25.6 Å². The molecule has 0 aromatic rings. The lowest BCUT2D eigenvalue weighted by atomic mass is 10.1. The van der Waals surface area contributed by atoms with Crippen molar-refractivity contribution in [1.29, 1.82) is 0 Å². The van der Waals surface area contributed by atoms with Crippen LogP contribution in [0.4, 0.5) is 0 Å². The van der Waals surface area contributed by atoms with Crippen molar-refractivity contribution in [3.63, 3.8) is 0 Å². The minimum Gasteiger partial charge on any atom is -0.396 e. The first kappa shape index (κ1) is 10.8. The van der Waals surface area contributed by atoms with Gasteiger partial charge in [-0.15, -0.1) is 11.6 Å². The molecule has 1 aliphatic rings. The number of carbonyl (C=O) groups excluding carboxylic acids is 1. The lowest BCUT2D eigenvalue weighted by Crippen LogP contribution is -2.35. The number of hydrogen-bond acceptors (Lipinski definition) is 2. The smallest absolute Gasteiger partial charge is 0.240 e. The number of halogens is 1. The molecule has 4 heteroatoms. The van der Waals surface area contributed by atoms with Gasteiger partial charge in [-0.1, -0.05) is 6.92 Å². The molecule has 1 aliphatic heterocycles. The first-order valence-corrected chi connectivity index (χ1v) is 5.16. The predicted octanol–water partition coefficient (Wildman–Crippen LogP) is 0.845. The summed E-state index contributed by atoms with van der Waals surface area (Å²) in [6.07, 6.45) is 1.57. The first-order chi connectivity index (χ1) is 6.19. The van der Waals surface area contributed by atoms with Gasteiger partial charge in [0.05, 0.1) is 0 Å². The molecular weight excluding hydrogens is 190 g/mol. The monoisotopic (exact) mass is 205 g/mol. The topological polar surface area (TPSA) is 40.5 Å². The standard InChI is InChI=1S/C9H16ClNO2/c1-2-8(10)9(13)11-4-3-7(5-11)6-12/h7-8,12H,2-6H2,1H3/t7-,8+/m0/s1. The molecule has 3 nitrogen and oxygen atoms in total. The Morgan fingerprint density at radius 2 is 2.46 bits per heavy atom. The fourth-order valence-electron chi connectivity index (χ4n) is 1.55. The fourth-order valence-corrected chi connectivity index (χ4v) is 1.69. The molecule has 0 bridgehead atoms. The van der Waals surface area contributed by atoms with E-state index in [4.69, 9.17) is 16.7 Å². The van der Waals surface area contributed by atoms with Crippen LogP contribution in [-0.4, -0.2) is 41.0 Å². The maximum atomic E-state index is 11.6. The van der Waals surface area contributed by atoms with E-state index < -0.39 is 5.38 Å². The van der Waals surface area contributed by atoms with Gasteiger partial charge in [-0.2, -0.15) is 0 Å². The molecule has 0 unspecified atom stereocenters. The second-order valence-corrected chi connectivity index (χ2v) is 4.02. The van der Waals surface area contributed by atoms with Gasteiger partial charge in [0.25, 0.3) is 0 Å². The number of nitrogens with zero attached hydrogens (tertiary/aromatic N) is 1. The van der Waals surface area contributed by atoms with Crippen molar-refractivity contribution >= 4 is 17.5 Å². The van der Waals surface area contributed by atoms with E-state index in [0.717, 1.165) is 13.0 Å². The van der Waals surface area contributed by atoms with E-state index in [9.17, 15) is 4.79 Å². The molecule has 1 saturated heterocycles. The number of alkyl halides is 1. The summed E-state index contributed by atoms with van der Waals surface area (Å²) in [5.41, 5.74) is 0. The second kappa shape index (κ2) is 4.82. The minimum absolute atomic E-state index is 0.0140. The van der Waals surface area contributed by atoms with E-state index in [1.165, 1.54) is 0 Å². The normalized spacial score (nSPS) is 24.8. The predicted molar refractivity (Wildman–Crippen MR) is 51.7 cm³/mol. The highest BCUT2D eigenvalue weighted by molar-refractivity contribution is 6.30. The molecule has 1 fully saturated rings. The Kier molecular flexibility index (Phi) is 4.00. The number of rotatable bonds is 3. The van der Waals surface area contributed by atoms with Gasteiger partial charge in [0.15, 0.2) is 0 Å². The van der Waals surface area contributed by atoms with Gasteiger partial charge in [0.1, 0.15) is 5.38 Å². The number of likely N-dealkylation sites (tertiary alicyclic amines) is 1. The highest BCUT2D eigenvalue weighted by Crippen LogP contribution is 2.18. The van der Waals surface area contributed by atoms with E-state index in [0.29, 0.717) is 13.0 Å².